The fourth-order valence-corrected chi connectivity index (χ4v) is 5.27. The molecule has 0 spiro atoms. The number of hydrogen-bond acceptors (Lipinski definition) is 6. The Bertz CT molecular complexity index is 1180. The van der Waals surface area contributed by atoms with E-state index in [2.05, 4.69) is 15.6 Å². The molecule has 0 aliphatic carbocycles. The number of halogens is 1. The Kier molecular flexibility index (Phi) is 6.30. The van der Waals surface area contributed by atoms with Crippen molar-refractivity contribution in [3.63, 3.8) is 0 Å². The lowest BCUT2D eigenvalue weighted by atomic mass is 10.0. The Balaban J connectivity index is 1.18. The number of nitrogens with one attached hydrogen (secondary N) is 2. The molecule has 7 nitrogen and oxygen atoms in total. The minimum absolute atomic E-state index is 0.0117. The van der Waals surface area contributed by atoms with Gasteiger partial charge in [0.1, 0.15) is 28.7 Å². The quantitative estimate of drug-likeness (QED) is 0.543. The number of carbonyl (C=O) groups excluding carboxylic acids is 2. The summed E-state index contributed by atoms with van der Waals surface area (Å²) in [5, 5.41) is 9.20. The monoisotopic (exact) mass is 480 g/mol. The molecule has 2 N–H and O–H groups in total. The number of amides is 2. The van der Waals surface area contributed by atoms with Gasteiger partial charge in [0.15, 0.2) is 0 Å². The molecule has 9 heteroatoms. The maximum Gasteiger partial charge on any atom is 0.246 e. The zero-order valence-electron chi connectivity index (χ0n) is 18.7. The summed E-state index contributed by atoms with van der Waals surface area (Å²) in [6.07, 6.45) is 1.02. The fourth-order valence-electron chi connectivity index (χ4n) is 4.52. The van der Waals surface area contributed by atoms with Gasteiger partial charge in [0.25, 0.3) is 0 Å². The van der Waals surface area contributed by atoms with Crippen molar-refractivity contribution >= 4 is 23.2 Å². The fraction of sp³-hybridized carbons (Fsp3) is 0.320. The van der Waals surface area contributed by atoms with Crippen LogP contribution in [0.5, 0.6) is 5.75 Å². The Morgan fingerprint density at radius 1 is 1.18 bits per heavy atom. The van der Waals surface area contributed by atoms with Gasteiger partial charge in [0.2, 0.25) is 11.8 Å². The minimum atomic E-state index is -0.562. The first kappa shape index (κ1) is 22.5. The molecule has 2 fully saturated rings. The molecule has 0 bridgehead atoms. The van der Waals surface area contributed by atoms with Gasteiger partial charge in [-0.15, -0.1) is 11.3 Å². The van der Waals surface area contributed by atoms with Gasteiger partial charge in [-0.05, 0) is 48.4 Å². The zero-order valence-corrected chi connectivity index (χ0v) is 19.5. The van der Waals surface area contributed by atoms with Crippen LogP contribution in [-0.4, -0.2) is 53.5 Å². The molecule has 3 aromatic rings. The Hall–Kier alpha value is -3.30. The van der Waals surface area contributed by atoms with Crippen molar-refractivity contribution in [1.82, 2.24) is 20.5 Å². The Labute approximate surface area is 201 Å². The van der Waals surface area contributed by atoms with Crippen molar-refractivity contribution in [2.24, 2.45) is 0 Å². The predicted molar refractivity (Wildman–Crippen MR) is 127 cm³/mol. The average Bonchev–Trinajstić information content (AvgIpc) is 3.50. The van der Waals surface area contributed by atoms with E-state index < -0.39 is 12.1 Å². The van der Waals surface area contributed by atoms with E-state index in [0.29, 0.717) is 25.9 Å². The molecule has 176 valence electrons. The number of benzene rings is 2. The maximum absolute atomic E-state index is 13.2. The first-order chi connectivity index (χ1) is 16.5. The zero-order chi connectivity index (χ0) is 23.7. The van der Waals surface area contributed by atoms with Crippen molar-refractivity contribution in [2.75, 3.05) is 13.7 Å². The lowest BCUT2D eigenvalue weighted by Gasteiger charge is -2.34. The standard InChI is InChI=1S/C25H25FN4O3S/c1-33-19-8-2-15(3-9-19)10-20-25(32)30-13-18(11-22(30)24(31)29-20)27-12-23-28-21(14-34-23)16-4-6-17(26)7-5-16/h2-9,14,18,20,22,27H,10-13H2,1H3,(H,29,31)/t18-,20-,22-/m0/s1. The molecule has 2 amide bonds. The molecular weight excluding hydrogens is 455 g/mol. The molecule has 3 atom stereocenters. The summed E-state index contributed by atoms with van der Waals surface area (Å²) in [6, 6.07) is 12.8. The van der Waals surface area contributed by atoms with Gasteiger partial charge in [0, 0.05) is 36.5 Å². The van der Waals surface area contributed by atoms with Crippen LogP contribution in [-0.2, 0) is 22.6 Å². The van der Waals surface area contributed by atoms with E-state index >= 15 is 0 Å². The van der Waals surface area contributed by atoms with E-state index in [1.807, 2.05) is 29.6 Å². The minimum Gasteiger partial charge on any atom is -0.497 e. The van der Waals surface area contributed by atoms with Crippen LogP contribution in [0.15, 0.2) is 53.9 Å². The third-order valence-corrected chi connectivity index (χ3v) is 7.18. The smallest absolute Gasteiger partial charge is 0.246 e. The number of thiazole rings is 1. The lowest BCUT2D eigenvalue weighted by molar-refractivity contribution is -0.147. The molecule has 2 aromatic carbocycles. The van der Waals surface area contributed by atoms with E-state index in [0.717, 1.165) is 27.6 Å². The number of ether oxygens (including phenoxy) is 1. The summed E-state index contributed by atoms with van der Waals surface area (Å²) < 4.78 is 18.3. The van der Waals surface area contributed by atoms with Gasteiger partial charge in [0.05, 0.1) is 12.8 Å². The Morgan fingerprint density at radius 3 is 2.68 bits per heavy atom. The number of rotatable bonds is 7. The van der Waals surface area contributed by atoms with Crippen LogP contribution in [0.4, 0.5) is 4.39 Å². The second kappa shape index (κ2) is 9.52. The highest BCUT2D eigenvalue weighted by atomic mass is 32.1. The summed E-state index contributed by atoms with van der Waals surface area (Å²) in [5.74, 6) is 0.331. The van der Waals surface area contributed by atoms with Gasteiger partial charge in [-0.2, -0.15) is 0 Å². The number of hydrogen-bond donors (Lipinski definition) is 2. The van der Waals surface area contributed by atoms with Crippen molar-refractivity contribution in [2.45, 2.75) is 37.5 Å². The van der Waals surface area contributed by atoms with E-state index in [1.165, 1.54) is 23.5 Å². The highest BCUT2D eigenvalue weighted by Crippen LogP contribution is 2.26. The number of piperazine rings is 1. The second-order valence-corrected chi connectivity index (χ2v) is 9.51. The van der Waals surface area contributed by atoms with Crippen molar-refractivity contribution in [1.29, 1.82) is 0 Å². The van der Waals surface area contributed by atoms with Crippen LogP contribution in [0.3, 0.4) is 0 Å². The molecule has 2 aliphatic rings. The second-order valence-electron chi connectivity index (χ2n) is 8.57. The molecule has 5 rings (SSSR count). The number of fused-ring (bicyclic) bond motifs is 1. The molecule has 0 saturated carbocycles. The molecule has 0 radical (unpaired) electrons. The van der Waals surface area contributed by atoms with Crippen LogP contribution in [0, 0.1) is 5.82 Å². The largest absolute Gasteiger partial charge is 0.497 e. The number of aromatic nitrogens is 1. The third-order valence-electron chi connectivity index (χ3n) is 6.33. The van der Waals surface area contributed by atoms with Crippen LogP contribution < -0.4 is 15.4 Å². The number of methoxy groups -OCH3 is 1. The van der Waals surface area contributed by atoms with Crippen LogP contribution in [0.2, 0.25) is 0 Å². The predicted octanol–water partition coefficient (Wildman–Crippen LogP) is 2.76. The van der Waals surface area contributed by atoms with E-state index in [4.69, 9.17) is 4.74 Å². The molecule has 2 saturated heterocycles. The number of nitrogens with zero attached hydrogens (tertiary/aromatic N) is 2. The average molecular weight is 481 g/mol. The molecule has 1 aromatic heterocycles. The number of carbonyl (C=O) groups is 2. The van der Waals surface area contributed by atoms with Crippen LogP contribution in [0.1, 0.15) is 17.0 Å². The van der Waals surface area contributed by atoms with E-state index in [9.17, 15) is 14.0 Å². The first-order valence-electron chi connectivity index (χ1n) is 11.2. The first-order valence-corrected chi connectivity index (χ1v) is 12.1. The van der Waals surface area contributed by atoms with E-state index in [-0.39, 0.29) is 23.7 Å². The van der Waals surface area contributed by atoms with E-state index in [1.54, 1.807) is 24.1 Å². The molecular formula is C25H25FN4O3S. The summed E-state index contributed by atoms with van der Waals surface area (Å²) >= 11 is 1.53. The normalized spacial score (nSPS) is 21.9. The van der Waals surface area contributed by atoms with Crippen LogP contribution in [0.25, 0.3) is 11.3 Å². The topological polar surface area (TPSA) is 83.6 Å². The van der Waals surface area contributed by atoms with Gasteiger partial charge in [-0.3, -0.25) is 9.59 Å². The molecule has 0 unspecified atom stereocenters. The van der Waals surface area contributed by atoms with Gasteiger partial charge in [-0.25, -0.2) is 9.37 Å². The van der Waals surface area contributed by atoms with Gasteiger partial charge in [-0.1, -0.05) is 12.1 Å². The highest BCUT2D eigenvalue weighted by Gasteiger charge is 2.46. The maximum atomic E-state index is 13.2. The highest BCUT2D eigenvalue weighted by molar-refractivity contribution is 7.09. The van der Waals surface area contributed by atoms with Crippen molar-refractivity contribution in [3.8, 4) is 17.0 Å². The van der Waals surface area contributed by atoms with Crippen molar-refractivity contribution in [3.05, 3.63) is 70.3 Å². The van der Waals surface area contributed by atoms with Crippen molar-refractivity contribution < 1.29 is 18.7 Å². The summed E-state index contributed by atoms with van der Waals surface area (Å²) in [7, 11) is 1.61. The molecule has 34 heavy (non-hydrogen) atoms. The lowest BCUT2D eigenvalue weighted by Crippen LogP contribution is -2.61. The van der Waals surface area contributed by atoms with Crippen LogP contribution >= 0.6 is 11.3 Å². The summed E-state index contributed by atoms with van der Waals surface area (Å²) in [5.41, 5.74) is 2.64. The SMILES string of the molecule is COc1ccc(C[C@@H]2NC(=O)[C@@H]3C[C@H](NCc4nc(-c5ccc(F)cc5)cs4)CN3C2=O)cc1. The molecule has 2 aliphatic heterocycles. The third kappa shape index (κ3) is 4.67. The Morgan fingerprint density at radius 2 is 1.94 bits per heavy atom. The summed E-state index contributed by atoms with van der Waals surface area (Å²) in [6.45, 7) is 1.04. The summed E-state index contributed by atoms with van der Waals surface area (Å²) in [4.78, 5) is 32.2. The van der Waals surface area contributed by atoms with Gasteiger partial charge < -0.3 is 20.3 Å². The molecule has 3 heterocycles. The van der Waals surface area contributed by atoms with Gasteiger partial charge >= 0.3 is 0 Å².